The van der Waals surface area contributed by atoms with Gasteiger partial charge in [0.1, 0.15) is 0 Å². The summed E-state index contributed by atoms with van der Waals surface area (Å²) < 4.78 is 28.8. The van der Waals surface area contributed by atoms with Crippen LogP contribution in [0.25, 0.3) is 0 Å². The number of aliphatic carboxylic acids is 1. The number of hydrogen-bond acceptors (Lipinski definition) is 4. The van der Waals surface area contributed by atoms with Gasteiger partial charge in [-0.3, -0.25) is 8.98 Å². The molecule has 5 nitrogen and oxygen atoms in total. The van der Waals surface area contributed by atoms with Crippen molar-refractivity contribution in [3.8, 4) is 0 Å². The summed E-state index contributed by atoms with van der Waals surface area (Å²) in [7, 11) is -3.65. The summed E-state index contributed by atoms with van der Waals surface area (Å²) in [6, 6.07) is 6.58. The molecule has 0 saturated heterocycles. The van der Waals surface area contributed by atoms with Crippen LogP contribution < -0.4 is 0 Å². The van der Waals surface area contributed by atoms with Crippen LogP contribution in [0.4, 0.5) is 0 Å². The molecule has 1 rings (SSSR count). The van der Waals surface area contributed by atoms with E-state index in [0.29, 0.717) is 12.8 Å². The lowest BCUT2D eigenvalue weighted by molar-refractivity contribution is -0.137. The highest BCUT2D eigenvalue weighted by Gasteiger charge is 2.14. The number of carboxylic acids is 1. The van der Waals surface area contributed by atoms with Crippen LogP contribution in [0.15, 0.2) is 29.2 Å². The fourth-order valence-corrected chi connectivity index (χ4v) is 2.97. The van der Waals surface area contributed by atoms with E-state index in [4.69, 9.17) is 9.29 Å². The van der Waals surface area contributed by atoms with Crippen LogP contribution in [-0.2, 0) is 19.1 Å². The predicted molar refractivity (Wildman–Crippen MR) is 84.3 cm³/mol. The standard InChI is InChI=1S/C16H24O5S/c1-14-9-11-15(12-10-14)22(19,20)21-13-7-5-3-2-4-6-8-16(17)18/h9-12H,2-8,13H2,1H3,(H,17,18). The van der Waals surface area contributed by atoms with E-state index in [2.05, 4.69) is 0 Å². The lowest BCUT2D eigenvalue weighted by Crippen LogP contribution is -2.07. The minimum atomic E-state index is -3.65. The van der Waals surface area contributed by atoms with Gasteiger partial charge in [-0.25, -0.2) is 0 Å². The second-order valence-corrected chi connectivity index (χ2v) is 6.97. The molecular weight excluding hydrogens is 304 g/mol. The Hall–Kier alpha value is -1.40. The van der Waals surface area contributed by atoms with E-state index in [-0.39, 0.29) is 17.9 Å². The third kappa shape index (κ3) is 7.56. The summed E-state index contributed by atoms with van der Waals surface area (Å²) >= 11 is 0. The third-order valence-electron chi connectivity index (χ3n) is 3.33. The number of unbranched alkanes of at least 4 members (excludes halogenated alkanes) is 5. The van der Waals surface area contributed by atoms with Gasteiger partial charge in [0, 0.05) is 6.42 Å². The van der Waals surface area contributed by atoms with E-state index in [9.17, 15) is 13.2 Å². The van der Waals surface area contributed by atoms with Gasteiger partial charge in [-0.15, -0.1) is 0 Å². The lowest BCUT2D eigenvalue weighted by atomic mass is 10.1. The zero-order valence-corrected chi connectivity index (χ0v) is 13.8. The molecule has 0 amide bonds. The molecule has 0 aliphatic rings. The van der Waals surface area contributed by atoms with Gasteiger partial charge in [0.15, 0.2) is 0 Å². The van der Waals surface area contributed by atoms with Crippen LogP contribution >= 0.6 is 0 Å². The van der Waals surface area contributed by atoms with Crippen LogP contribution in [0.5, 0.6) is 0 Å². The maximum Gasteiger partial charge on any atom is 0.303 e. The molecule has 0 atom stereocenters. The summed E-state index contributed by atoms with van der Waals surface area (Å²) in [5.74, 6) is -0.755. The van der Waals surface area contributed by atoms with E-state index >= 15 is 0 Å². The van der Waals surface area contributed by atoms with Crippen molar-refractivity contribution in [2.75, 3.05) is 6.61 Å². The second kappa shape index (κ2) is 9.58. The molecule has 0 saturated carbocycles. The molecule has 0 spiro atoms. The van der Waals surface area contributed by atoms with Crippen LogP contribution in [-0.4, -0.2) is 26.1 Å². The lowest BCUT2D eigenvalue weighted by Gasteiger charge is -2.06. The van der Waals surface area contributed by atoms with Crippen molar-refractivity contribution in [3.63, 3.8) is 0 Å². The molecular formula is C16H24O5S. The molecule has 124 valence electrons. The molecule has 1 aromatic carbocycles. The molecule has 0 heterocycles. The van der Waals surface area contributed by atoms with E-state index in [0.717, 1.165) is 31.2 Å². The molecule has 6 heteroatoms. The Labute approximate surface area is 132 Å². The summed E-state index contributed by atoms with van der Waals surface area (Å²) in [4.78, 5) is 10.5. The number of aryl methyl sites for hydroxylation is 1. The molecule has 0 aromatic heterocycles. The second-order valence-electron chi connectivity index (χ2n) is 5.35. The minimum absolute atomic E-state index is 0.186. The average molecular weight is 328 g/mol. The first-order chi connectivity index (χ1) is 10.4. The van der Waals surface area contributed by atoms with Crippen molar-refractivity contribution in [1.82, 2.24) is 0 Å². The summed E-state index contributed by atoms with van der Waals surface area (Å²) in [6.45, 7) is 2.08. The van der Waals surface area contributed by atoms with Crippen molar-refractivity contribution in [3.05, 3.63) is 29.8 Å². The highest BCUT2D eigenvalue weighted by molar-refractivity contribution is 7.86. The average Bonchev–Trinajstić information content (AvgIpc) is 2.45. The van der Waals surface area contributed by atoms with Crippen LogP contribution in [0.1, 0.15) is 50.5 Å². The van der Waals surface area contributed by atoms with E-state index in [1.807, 2.05) is 6.92 Å². The zero-order chi connectivity index (χ0) is 16.4. The molecule has 0 unspecified atom stereocenters. The molecule has 0 aliphatic heterocycles. The van der Waals surface area contributed by atoms with Gasteiger partial charge in [-0.1, -0.05) is 43.4 Å². The Morgan fingerprint density at radius 1 is 1.00 bits per heavy atom. The van der Waals surface area contributed by atoms with Crippen molar-refractivity contribution in [2.24, 2.45) is 0 Å². The van der Waals surface area contributed by atoms with Crippen molar-refractivity contribution in [1.29, 1.82) is 0 Å². The first-order valence-electron chi connectivity index (χ1n) is 7.60. The SMILES string of the molecule is Cc1ccc(S(=O)(=O)OCCCCCCCCC(=O)O)cc1. The molecule has 1 aromatic rings. The van der Waals surface area contributed by atoms with Gasteiger partial charge in [-0.05, 0) is 31.9 Å². The van der Waals surface area contributed by atoms with Gasteiger partial charge in [0.25, 0.3) is 10.1 Å². The smallest absolute Gasteiger partial charge is 0.303 e. The van der Waals surface area contributed by atoms with Gasteiger partial charge >= 0.3 is 5.97 Å². The van der Waals surface area contributed by atoms with E-state index in [1.54, 1.807) is 24.3 Å². The first kappa shape index (κ1) is 18.6. The topological polar surface area (TPSA) is 80.7 Å². The first-order valence-corrected chi connectivity index (χ1v) is 9.00. The van der Waals surface area contributed by atoms with Gasteiger partial charge in [-0.2, -0.15) is 8.42 Å². The number of benzene rings is 1. The number of rotatable bonds is 11. The van der Waals surface area contributed by atoms with Crippen LogP contribution in [0, 0.1) is 6.92 Å². The summed E-state index contributed by atoms with van der Waals surface area (Å²) in [5.41, 5.74) is 1.00. The largest absolute Gasteiger partial charge is 0.481 e. The van der Waals surface area contributed by atoms with Gasteiger partial charge < -0.3 is 5.11 Å². The fourth-order valence-electron chi connectivity index (χ4n) is 2.03. The fraction of sp³-hybridized carbons (Fsp3) is 0.562. The van der Waals surface area contributed by atoms with Crippen LogP contribution in [0.3, 0.4) is 0 Å². The van der Waals surface area contributed by atoms with E-state index in [1.165, 1.54) is 0 Å². The Bertz CT molecular complexity index is 548. The maximum absolute atomic E-state index is 11.9. The molecule has 0 bridgehead atoms. The monoisotopic (exact) mass is 328 g/mol. The minimum Gasteiger partial charge on any atom is -0.481 e. The third-order valence-corrected chi connectivity index (χ3v) is 4.66. The number of carbonyl (C=O) groups is 1. The molecule has 1 N–H and O–H groups in total. The van der Waals surface area contributed by atoms with Crippen LogP contribution in [0.2, 0.25) is 0 Å². The Morgan fingerprint density at radius 3 is 2.14 bits per heavy atom. The molecule has 22 heavy (non-hydrogen) atoms. The summed E-state index contributed by atoms with van der Waals surface area (Å²) in [5, 5.41) is 8.50. The molecule has 0 fully saturated rings. The molecule has 0 aliphatic carbocycles. The Kier molecular flexibility index (Phi) is 8.12. The quantitative estimate of drug-likeness (QED) is 0.496. The van der Waals surface area contributed by atoms with Crippen molar-refractivity contribution in [2.45, 2.75) is 56.8 Å². The Balaban J connectivity index is 2.13. The number of carboxylic acid groups (broad SMARTS) is 1. The number of hydrogen-bond donors (Lipinski definition) is 1. The van der Waals surface area contributed by atoms with Crippen molar-refractivity contribution < 1.29 is 22.5 Å². The highest BCUT2D eigenvalue weighted by atomic mass is 32.2. The highest BCUT2D eigenvalue weighted by Crippen LogP contribution is 2.14. The van der Waals surface area contributed by atoms with Gasteiger partial charge in [0.2, 0.25) is 0 Å². The van der Waals surface area contributed by atoms with E-state index < -0.39 is 16.1 Å². The maximum atomic E-state index is 11.9. The molecule has 0 radical (unpaired) electrons. The normalized spacial score (nSPS) is 11.5. The zero-order valence-electron chi connectivity index (χ0n) is 13.0. The van der Waals surface area contributed by atoms with Gasteiger partial charge in [0.05, 0.1) is 11.5 Å². The predicted octanol–water partition coefficient (Wildman–Crippen LogP) is 3.52. The summed E-state index contributed by atoms with van der Waals surface area (Å²) in [6.07, 6.45) is 5.33. The van der Waals surface area contributed by atoms with Crippen molar-refractivity contribution >= 4 is 16.1 Å². The Morgan fingerprint density at radius 2 is 1.55 bits per heavy atom.